The first-order chi connectivity index (χ1) is 8.42. The maximum atomic E-state index is 11.5. The fourth-order valence-corrected chi connectivity index (χ4v) is 2.68. The number of carboxylic acids is 1. The number of halogens is 1. The van der Waals surface area contributed by atoms with Gasteiger partial charge in [0.25, 0.3) is 0 Å². The Kier molecular flexibility index (Phi) is 3.28. The molecule has 4 heteroatoms. The largest absolute Gasteiger partial charge is 0.496 e. The van der Waals surface area contributed by atoms with Gasteiger partial charge in [-0.25, -0.2) is 0 Å². The maximum absolute atomic E-state index is 11.5. The van der Waals surface area contributed by atoms with Gasteiger partial charge in [-0.15, -0.1) is 0 Å². The van der Waals surface area contributed by atoms with Crippen molar-refractivity contribution >= 4 is 17.6 Å². The summed E-state index contributed by atoms with van der Waals surface area (Å²) in [5, 5.41) is 9.96. The first-order valence-electron chi connectivity index (χ1n) is 6.03. The van der Waals surface area contributed by atoms with E-state index in [1.807, 2.05) is 13.8 Å². The molecule has 0 heterocycles. The molecule has 0 bridgehead atoms. The van der Waals surface area contributed by atoms with Gasteiger partial charge in [0.1, 0.15) is 5.75 Å². The number of ether oxygens (including phenoxy) is 1. The average Bonchev–Trinajstić information content (AvgIpc) is 3.08. The summed E-state index contributed by atoms with van der Waals surface area (Å²) in [7, 11) is 1.58. The first-order valence-corrected chi connectivity index (χ1v) is 6.41. The van der Waals surface area contributed by atoms with Gasteiger partial charge in [-0.2, -0.15) is 0 Å². The van der Waals surface area contributed by atoms with Crippen LogP contribution in [0.5, 0.6) is 5.75 Å². The number of rotatable bonds is 4. The molecule has 1 aromatic rings. The molecule has 0 atom stereocenters. The molecule has 98 valence electrons. The van der Waals surface area contributed by atoms with Gasteiger partial charge in [0.15, 0.2) is 0 Å². The van der Waals surface area contributed by atoms with Crippen LogP contribution in [0.2, 0.25) is 5.02 Å². The second-order valence-electron chi connectivity index (χ2n) is 5.11. The molecule has 1 N–H and O–H groups in total. The zero-order chi connectivity index (χ0) is 13.5. The van der Waals surface area contributed by atoms with Crippen LogP contribution in [-0.4, -0.2) is 18.2 Å². The van der Waals surface area contributed by atoms with Gasteiger partial charge in [-0.1, -0.05) is 25.4 Å². The summed E-state index contributed by atoms with van der Waals surface area (Å²) in [5.74, 6) is 0.109. The third-order valence-electron chi connectivity index (χ3n) is 3.58. The summed E-state index contributed by atoms with van der Waals surface area (Å²) < 4.78 is 5.35. The molecule has 1 saturated carbocycles. The van der Waals surface area contributed by atoms with Gasteiger partial charge in [-0.05, 0) is 36.5 Å². The van der Waals surface area contributed by atoms with Crippen LogP contribution in [0.25, 0.3) is 0 Å². The molecule has 0 amide bonds. The minimum absolute atomic E-state index is 0.198. The monoisotopic (exact) mass is 268 g/mol. The fraction of sp³-hybridized carbons (Fsp3) is 0.500. The lowest BCUT2D eigenvalue weighted by atomic mass is 9.86. The van der Waals surface area contributed by atoms with Gasteiger partial charge in [-0.3, -0.25) is 4.79 Å². The van der Waals surface area contributed by atoms with E-state index in [2.05, 4.69) is 0 Å². The minimum atomic E-state index is -0.770. The molecule has 0 aliphatic heterocycles. The van der Waals surface area contributed by atoms with E-state index in [4.69, 9.17) is 16.3 Å². The third kappa shape index (κ3) is 1.97. The molecule has 18 heavy (non-hydrogen) atoms. The minimum Gasteiger partial charge on any atom is -0.496 e. The molecular formula is C14H17ClO3. The Morgan fingerprint density at radius 1 is 1.44 bits per heavy atom. The average molecular weight is 269 g/mol. The highest BCUT2D eigenvalue weighted by molar-refractivity contribution is 6.30. The van der Waals surface area contributed by atoms with Gasteiger partial charge < -0.3 is 9.84 Å². The van der Waals surface area contributed by atoms with Gasteiger partial charge in [0.2, 0.25) is 0 Å². The molecule has 1 fully saturated rings. The molecular weight excluding hydrogens is 252 g/mol. The molecule has 0 saturated heterocycles. The van der Waals surface area contributed by atoms with Crippen LogP contribution in [0.3, 0.4) is 0 Å². The van der Waals surface area contributed by atoms with Crippen LogP contribution in [0.4, 0.5) is 0 Å². The predicted octanol–water partition coefficient (Wildman–Crippen LogP) is 3.59. The second-order valence-corrected chi connectivity index (χ2v) is 5.55. The van der Waals surface area contributed by atoms with Crippen molar-refractivity contribution in [3.8, 4) is 5.75 Å². The summed E-state index contributed by atoms with van der Waals surface area (Å²) in [6.07, 6.45) is 1.34. The SMILES string of the molecule is COc1cc(Cl)cc(C2(C(=O)O)CC2)c1C(C)C. The van der Waals surface area contributed by atoms with Crippen LogP contribution in [0.1, 0.15) is 43.7 Å². The van der Waals surface area contributed by atoms with E-state index >= 15 is 0 Å². The van der Waals surface area contributed by atoms with Crippen molar-refractivity contribution in [2.75, 3.05) is 7.11 Å². The van der Waals surface area contributed by atoms with Crippen molar-refractivity contribution in [2.45, 2.75) is 38.0 Å². The number of hydrogen-bond acceptors (Lipinski definition) is 2. The van der Waals surface area contributed by atoms with Crippen molar-refractivity contribution in [2.24, 2.45) is 0 Å². The molecule has 3 nitrogen and oxygen atoms in total. The lowest BCUT2D eigenvalue weighted by Crippen LogP contribution is -2.22. The highest BCUT2D eigenvalue weighted by Crippen LogP contribution is 2.53. The van der Waals surface area contributed by atoms with Crippen molar-refractivity contribution in [1.82, 2.24) is 0 Å². The van der Waals surface area contributed by atoms with E-state index in [0.717, 1.165) is 11.1 Å². The Balaban J connectivity index is 2.66. The second kappa shape index (κ2) is 4.47. The lowest BCUT2D eigenvalue weighted by molar-refractivity contribution is -0.140. The Morgan fingerprint density at radius 3 is 2.44 bits per heavy atom. The molecule has 1 aliphatic rings. The predicted molar refractivity (Wildman–Crippen MR) is 70.6 cm³/mol. The molecule has 2 rings (SSSR count). The number of benzene rings is 1. The van der Waals surface area contributed by atoms with Crippen molar-refractivity contribution in [3.63, 3.8) is 0 Å². The van der Waals surface area contributed by atoms with E-state index in [1.165, 1.54) is 0 Å². The fourth-order valence-electron chi connectivity index (χ4n) is 2.48. The third-order valence-corrected chi connectivity index (χ3v) is 3.80. The van der Waals surface area contributed by atoms with Crippen LogP contribution in [-0.2, 0) is 10.2 Å². The molecule has 0 unspecified atom stereocenters. The molecule has 0 aromatic heterocycles. The Hall–Kier alpha value is -1.22. The Labute approximate surface area is 112 Å². The number of hydrogen-bond donors (Lipinski definition) is 1. The molecule has 1 aromatic carbocycles. The van der Waals surface area contributed by atoms with Crippen LogP contribution >= 0.6 is 11.6 Å². The first kappa shape index (κ1) is 13.2. The summed E-state index contributed by atoms with van der Waals surface area (Å²) in [6.45, 7) is 4.07. The van der Waals surface area contributed by atoms with Crippen molar-refractivity contribution in [3.05, 3.63) is 28.3 Å². The summed E-state index contributed by atoms with van der Waals surface area (Å²) in [6, 6.07) is 3.53. The lowest BCUT2D eigenvalue weighted by Gasteiger charge is -2.21. The van der Waals surface area contributed by atoms with Gasteiger partial charge in [0, 0.05) is 10.6 Å². The quantitative estimate of drug-likeness (QED) is 0.908. The Bertz CT molecular complexity index is 490. The topological polar surface area (TPSA) is 46.5 Å². The number of methoxy groups -OCH3 is 1. The summed E-state index contributed by atoms with van der Waals surface area (Å²) in [4.78, 5) is 11.5. The molecule has 1 aliphatic carbocycles. The van der Waals surface area contributed by atoms with Crippen LogP contribution < -0.4 is 4.74 Å². The summed E-state index contributed by atoms with van der Waals surface area (Å²) >= 11 is 6.07. The van der Waals surface area contributed by atoms with Crippen LogP contribution in [0, 0.1) is 0 Å². The van der Waals surface area contributed by atoms with E-state index in [1.54, 1.807) is 19.2 Å². The van der Waals surface area contributed by atoms with E-state index in [0.29, 0.717) is 23.6 Å². The summed E-state index contributed by atoms with van der Waals surface area (Å²) in [5.41, 5.74) is 1.02. The standard InChI is InChI=1S/C14H17ClO3/c1-8(2)12-10(14(4-5-14)13(16)17)6-9(15)7-11(12)18-3/h6-8H,4-5H2,1-3H3,(H,16,17). The molecule has 0 spiro atoms. The zero-order valence-electron chi connectivity index (χ0n) is 10.8. The highest BCUT2D eigenvalue weighted by atomic mass is 35.5. The number of carbonyl (C=O) groups is 1. The number of carboxylic acid groups (broad SMARTS) is 1. The van der Waals surface area contributed by atoms with E-state index < -0.39 is 11.4 Å². The van der Waals surface area contributed by atoms with Gasteiger partial charge >= 0.3 is 5.97 Å². The molecule has 0 radical (unpaired) electrons. The number of aliphatic carboxylic acids is 1. The smallest absolute Gasteiger partial charge is 0.314 e. The Morgan fingerprint density at radius 2 is 2.06 bits per heavy atom. The van der Waals surface area contributed by atoms with E-state index in [9.17, 15) is 9.90 Å². The van der Waals surface area contributed by atoms with Crippen LogP contribution in [0.15, 0.2) is 12.1 Å². The van der Waals surface area contributed by atoms with Gasteiger partial charge in [0.05, 0.1) is 12.5 Å². The normalized spacial score (nSPS) is 16.7. The van der Waals surface area contributed by atoms with E-state index in [-0.39, 0.29) is 5.92 Å². The maximum Gasteiger partial charge on any atom is 0.314 e. The van der Waals surface area contributed by atoms with Crippen molar-refractivity contribution < 1.29 is 14.6 Å². The zero-order valence-corrected chi connectivity index (χ0v) is 11.5. The highest BCUT2D eigenvalue weighted by Gasteiger charge is 2.53. The van der Waals surface area contributed by atoms with Crippen molar-refractivity contribution in [1.29, 1.82) is 0 Å².